The molecule has 0 radical (unpaired) electrons. The van der Waals surface area contributed by atoms with Crippen molar-refractivity contribution in [3.8, 4) is 0 Å². The van der Waals surface area contributed by atoms with Gasteiger partial charge in [0.1, 0.15) is 11.6 Å². The van der Waals surface area contributed by atoms with Crippen molar-refractivity contribution < 1.29 is 18.0 Å². The number of hydrogen-bond donors (Lipinski definition) is 1. The van der Waals surface area contributed by atoms with E-state index in [1.54, 1.807) is 4.90 Å². The zero-order valence-corrected chi connectivity index (χ0v) is 19.0. The number of carbonyl (C=O) groups is 1. The van der Waals surface area contributed by atoms with Gasteiger partial charge in [-0.1, -0.05) is 5.57 Å². The highest BCUT2D eigenvalue weighted by molar-refractivity contribution is 5.98. The molecule has 1 saturated carbocycles. The van der Waals surface area contributed by atoms with Crippen LogP contribution in [-0.2, 0) is 11.0 Å². The van der Waals surface area contributed by atoms with Crippen molar-refractivity contribution in [1.82, 2.24) is 20.2 Å². The molecule has 1 aliphatic heterocycles. The Hall–Kier alpha value is -2.71. The molecular weight excluding hydrogens is 419 g/mol. The van der Waals surface area contributed by atoms with Crippen LogP contribution in [0.2, 0.25) is 0 Å². The van der Waals surface area contributed by atoms with Crippen LogP contribution in [0.4, 0.5) is 13.2 Å². The van der Waals surface area contributed by atoms with Crippen LogP contribution < -0.4 is 5.32 Å². The minimum absolute atomic E-state index is 0.00754. The fraction of sp³-hybridized carbons (Fsp3) is 0.565. The number of nitrogens with zero attached hydrogens (tertiary/aromatic N) is 4. The lowest BCUT2D eigenvalue weighted by Crippen LogP contribution is -2.40. The van der Waals surface area contributed by atoms with Crippen LogP contribution >= 0.6 is 0 Å². The molecule has 0 spiro atoms. The van der Waals surface area contributed by atoms with Crippen LogP contribution in [-0.4, -0.2) is 46.1 Å². The van der Waals surface area contributed by atoms with Gasteiger partial charge in [-0.2, -0.15) is 13.2 Å². The van der Waals surface area contributed by atoms with E-state index < -0.39 is 11.7 Å². The number of aliphatic imine (C=N–C) groups is 1. The van der Waals surface area contributed by atoms with Crippen molar-refractivity contribution in [2.75, 3.05) is 13.1 Å². The summed E-state index contributed by atoms with van der Waals surface area (Å²) in [5, 5.41) is 3.40. The largest absolute Gasteiger partial charge is 0.419 e. The number of allylic oxidation sites excluding steroid dienone is 1. The average molecular weight is 450 g/mol. The molecule has 1 saturated heterocycles. The third-order valence-electron chi connectivity index (χ3n) is 6.17. The predicted molar refractivity (Wildman–Crippen MR) is 117 cm³/mol. The Kier molecular flexibility index (Phi) is 6.76. The van der Waals surface area contributed by atoms with E-state index in [-0.39, 0.29) is 17.4 Å². The Labute approximate surface area is 186 Å². The summed E-state index contributed by atoms with van der Waals surface area (Å²) in [6.07, 6.45) is 0.496. The van der Waals surface area contributed by atoms with Crippen LogP contribution in [0.25, 0.3) is 0 Å². The number of aromatic nitrogens is 2. The van der Waals surface area contributed by atoms with Crippen LogP contribution in [0.1, 0.15) is 70.7 Å². The third-order valence-corrected chi connectivity index (χ3v) is 6.17. The van der Waals surface area contributed by atoms with E-state index in [0.29, 0.717) is 43.1 Å². The second kappa shape index (κ2) is 9.03. The molecule has 2 heterocycles. The van der Waals surface area contributed by atoms with Crippen molar-refractivity contribution in [2.45, 2.75) is 71.0 Å². The fourth-order valence-corrected chi connectivity index (χ4v) is 3.91. The van der Waals surface area contributed by atoms with Crippen molar-refractivity contribution >= 4 is 12.6 Å². The highest BCUT2D eigenvalue weighted by Gasteiger charge is 2.38. The van der Waals surface area contributed by atoms with Gasteiger partial charge in [-0.25, -0.2) is 15.0 Å². The maximum Gasteiger partial charge on any atom is 0.419 e. The van der Waals surface area contributed by atoms with E-state index in [9.17, 15) is 18.0 Å². The van der Waals surface area contributed by atoms with Gasteiger partial charge >= 0.3 is 6.18 Å². The lowest BCUT2D eigenvalue weighted by molar-refractivity contribution is -0.138. The molecule has 1 aromatic rings. The molecule has 2 fully saturated rings. The van der Waals surface area contributed by atoms with Gasteiger partial charge in [0.15, 0.2) is 0 Å². The molecule has 1 aromatic heterocycles. The zero-order chi connectivity index (χ0) is 23.7. The molecule has 6 nitrogen and oxygen atoms in total. The average Bonchev–Trinajstić information content (AvgIpc) is 3.48. The number of nitrogens with one attached hydrogen (secondary N) is 1. The lowest BCUT2D eigenvalue weighted by Gasteiger charge is -2.32. The molecule has 1 aliphatic carbocycles. The van der Waals surface area contributed by atoms with E-state index in [1.807, 2.05) is 20.8 Å². The molecule has 2 aliphatic rings. The zero-order valence-electron chi connectivity index (χ0n) is 19.0. The standard InChI is InChI=1S/C23H30F3N5O/c1-14(2)18(15(3)19(27-5)30-22(4)8-9-22)21(32)31-10-6-16(7-11-31)20-28-12-17(13-29-20)23(24,25)26/h12-13,16,30H,5-11H2,1-4H3/b19-15-. The van der Waals surface area contributed by atoms with Gasteiger partial charge in [0.05, 0.1) is 5.56 Å². The number of carbonyl (C=O) groups excluding carboxylic acids is 1. The number of alkyl halides is 3. The van der Waals surface area contributed by atoms with E-state index in [2.05, 4.69) is 33.9 Å². The summed E-state index contributed by atoms with van der Waals surface area (Å²) < 4.78 is 38.2. The maximum atomic E-state index is 13.4. The molecule has 9 heteroatoms. The number of likely N-dealkylation sites (tertiary alicyclic amines) is 1. The fourth-order valence-electron chi connectivity index (χ4n) is 3.91. The summed E-state index contributed by atoms with van der Waals surface area (Å²) in [6.45, 7) is 12.4. The smallest absolute Gasteiger partial charge is 0.365 e. The van der Waals surface area contributed by atoms with Crippen LogP contribution in [0, 0.1) is 0 Å². The van der Waals surface area contributed by atoms with Crippen LogP contribution in [0.5, 0.6) is 0 Å². The molecular formula is C23H30F3N5O. The van der Waals surface area contributed by atoms with Gasteiger partial charge in [-0.3, -0.25) is 4.79 Å². The van der Waals surface area contributed by atoms with Crippen molar-refractivity contribution in [1.29, 1.82) is 0 Å². The van der Waals surface area contributed by atoms with Crippen molar-refractivity contribution in [2.24, 2.45) is 4.99 Å². The molecule has 0 aromatic carbocycles. The molecule has 0 bridgehead atoms. The number of hydrogen-bond acceptors (Lipinski definition) is 5. The summed E-state index contributed by atoms with van der Waals surface area (Å²) in [7, 11) is 0. The predicted octanol–water partition coefficient (Wildman–Crippen LogP) is 4.61. The first-order chi connectivity index (χ1) is 14.9. The van der Waals surface area contributed by atoms with Crippen LogP contribution in [0.3, 0.4) is 0 Å². The van der Waals surface area contributed by atoms with Crippen molar-refractivity contribution in [3.05, 3.63) is 46.3 Å². The topological polar surface area (TPSA) is 70.5 Å². The molecule has 0 atom stereocenters. The minimum Gasteiger partial charge on any atom is -0.365 e. The van der Waals surface area contributed by atoms with Gasteiger partial charge in [-0.05, 0) is 60.1 Å². The summed E-state index contributed by atoms with van der Waals surface area (Å²) in [6, 6.07) is 0. The number of halogens is 3. The second-order valence-corrected chi connectivity index (χ2v) is 9.09. The molecule has 174 valence electrons. The second-order valence-electron chi connectivity index (χ2n) is 9.09. The monoisotopic (exact) mass is 449 g/mol. The van der Waals surface area contributed by atoms with Gasteiger partial charge in [-0.15, -0.1) is 0 Å². The van der Waals surface area contributed by atoms with E-state index >= 15 is 0 Å². The van der Waals surface area contributed by atoms with Gasteiger partial charge in [0.25, 0.3) is 5.91 Å². The number of rotatable bonds is 6. The Morgan fingerprint density at radius 1 is 1.19 bits per heavy atom. The molecule has 3 rings (SSSR count). The summed E-state index contributed by atoms with van der Waals surface area (Å²) in [5.41, 5.74) is 1.43. The van der Waals surface area contributed by atoms with E-state index in [1.165, 1.54) is 0 Å². The summed E-state index contributed by atoms with van der Waals surface area (Å²) >= 11 is 0. The molecule has 1 amide bonds. The molecule has 32 heavy (non-hydrogen) atoms. The lowest BCUT2D eigenvalue weighted by atomic mass is 9.94. The number of amides is 1. The summed E-state index contributed by atoms with van der Waals surface area (Å²) in [5.74, 6) is 0.874. The highest BCUT2D eigenvalue weighted by Crippen LogP contribution is 2.37. The first kappa shape index (κ1) is 23.9. The van der Waals surface area contributed by atoms with Crippen LogP contribution in [0.15, 0.2) is 39.9 Å². The highest BCUT2D eigenvalue weighted by atomic mass is 19.4. The Bertz CT molecular complexity index is 933. The third kappa shape index (κ3) is 5.37. The quantitative estimate of drug-likeness (QED) is 0.391. The van der Waals surface area contributed by atoms with Gasteiger partial charge in [0.2, 0.25) is 0 Å². The van der Waals surface area contributed by atoms with Crippen molar-refractivity contribution in [3.63, 3.8) is 0 Å². The maximum absolute atomic E-state index is 13.4. The Morgan fingerprint density at radius 3 is 2.19 bits per heavy atom. The first-order valence-electron chi connectivity index (χ1n) is 10.8. The van der Waals surface area contributed by atoms with Gasteiger partial charge in [0, 0.05) is 48.1 Å². The number of piperidine rings is 1. The Balaban J connectivity index is 1.70. The normalized spacial score (nSPS) is 19.2. The molecule has 0 unspecified atom stereocenters. The molecule has 1 N–H and O–H groups in total. The Morgan fingerprint density at radius 2 is 1.75 bits per heavy atom. The van der Waals surface area contributed by atoms with E-state index in [0.717, 1.165) is 36.4 Å². The first-order valence-corrected chi connectivity index (χ1v) is 10.8. The summed E-state index contributed by atoms with van der Waals surface area (Å²) in [4.78, 5) is 27.1. The van der Waals surface area contributed by atoms with E-state index in [4.69, 9.17) is 0 Å². The minimum atomic E-state index is -4.45. The SMILES string of the molecule is C=N/C(NC1(C)CC1)=C(\C)C(C(=O)N1CCC(c2ncc(C(F)(F)F)cn2)CC1)=C(C)C. The van der Waals surface area contributed by atoms with Gasteiger partial charge < -0.3 is 10.2 Å².